The Morgan fingerprint density at radius 3 is 2.41 bits per heavy atom. The Hall–Kier alpha value is -1.85. The molecule has 1 unspecified atom stereocenters. The first-order valence-corrected chi connectivity index (χ1v) is 7.59. The molecule has 0 spiro atoms. The molecule has 22 heavy (non-hydrogen) atoms. The largest absolute Gasteiger partial charge is 0.366 e. The lowest BCUT2D eigenvalue weighted by molar-refractivity contribution is 0.102. The van der Waals surface area contributed by atoms with Gasteiger partial charge < -0.3 is 10.6 Å². The number of carbonyl (C=O) groups is 1. The van der Waals surface area contributed by atoms with Gasteiger partial charge in [-0.15, -0.1) is 0 Å². The van der Waals surface area contributed by atoms with E-state index in [-0.39, 0.29) is 11.6 Å². The Morgan fingerprint density at radius 1 is 1.18 bits per heavy atom. The zero-order valence-electron chi connectivity index (χ0n) is 12.2. The summed E-state index contributed by atoms with van der Waals surface area (Å²) >= 11 is 11.8. The lowest BCUT2D eigenvalue weighted by Gasteiger charge is -2.11. The van der Waals surface area contributed by atoms with E-state index in [0.29, 0.717) is 27.6 Å². The fourth-order valence-corrected chi connectivity index (χ4v) is 2.22. The Balaban J connectivity index is 2.06. The van der Waals surface area contributed by atoms with Gasteiger partial charge in [0.05, 0.1) is 12.4 Å². The van der Waals surface area contributed by atoms with Crippen LogP contribution in [0.3, 0.4) is 0 Å². The van der Waals surface area contributed by atoms with Gasteiger partial charge in [0.15, 0.2) is 0 Å². The number of hydrogen-bond acceptors (Lipinski definition) is 4. The SMILES string of the molecule is CCC(C)Nc1cnc(C(=O)Nc2cc(Cl)cc(Cl)c2)cn1. The summed E-state index contributed by atoms with van der Waals surface area (Å²) in [7, 11) is 0. The average Bonchev–Trinajstić information content (AvgIpc) is 2.46. The van der Waals surface area contributed by atoms with E-state index in [1.54, 1.807) is 18.2 Å². The molecule has 1 atom stereocenters. The highest BCUT2D eigenvalue weighted by Gasteiger charge is 2.10. The minimum atomic E-state index is -0.374. The highest BCUT2D eigenvalue weighted by atomic mass is 35.5. The predicted octanol–water partition coefficient (Wildman–Crippen LogP) is 4.25. The van der Waals surface area contributed by atoms with Crippen molar-refractivity contribution in [2.75, 3.05) is 10.6 Å². The standard InChI is InChI=1S/C15H16Cl2N4O/c1-3-9(2)20-14-8-18-13(7-19-14)15(22)21-12-5-10(16)4-11(17)6-12/h4-9H,3H2,1-2H3,(H,19,20)(H,21,22). The number of benzene rings is 1. The number of halogens is 2. The van der Waals surface area contributed by atoms with Crippen molar-refractivity contribution < 1.29 is 4.79 Å². The van der Waals surface area contributed by atoms with E-state index in [2.05, 4.69) is 27.5 Å². The van der Waals surface area contributed by atoms with Gasteiger partial charge in [-0.05, 0) is 31.5 Å². The van der Waals surface area contributed by atoms with Crippen molar-refractivity contribution in [2.45, 2.75) is 26.3 Å². The molecular formula is C15H16Cl2N4O. The van der Waals surface area contributed by atoms with E-state index in [1.807, 2.05) is 6.92 Å². The van der Waals surface area contributed by atoms with Crippen LogP contribution in [0.2, 0.25) is 10.0 Å². The zero-order chi connectivity index (χ0) is 16.1. The Morgan fingerprint density at radius 2 is 1.86 bits per heavy atom. The summed E-state index contributed by atoms with van der Waals surface area (Å²) in [4.78, 5) is 20.4. The monoisotopic (exact) mass is 338 g/mol. The number of nitrogens with one attached hydrogen (secondary N) is 2. The number of rotatable bonds is 5. The molecule has 0 aliphatic carbocycles. The van der Waals surface area contributed by atoms with Crippen LogP contribution in [0.15, 0.2) is 30.6 Å². The smallest absolute Gasteiger partial charge is 0.275 e. The van der Waals surface area contributed by atoms with Crippen LogP contribution in [0.1, 0.15) is 30.8 Å². The molecule has 1 aromatic carbocycles. The number of anilines is 2. The first kappa shape index (κ1) is 16.5. The second kappa shape index (κ2) is 7.42. The zero-order valence-corrected chi connectivity index (χ0v) is 13.7. The Labute approximate surface area is 139 Å². The molecule has 0 fully saturated rings. The van der Waals surface area contributed by atoms with Crippen molar-refractivity contribution in [3.05, 3.63) is 46.3 Å². The summed E-state index contributed by atoms with van der Waals surface area (Å²) in [6.07, 6.45) is 3.93. The Kier molecular flexibility index (Phi) is 5.57. The summed E-state index contributed by atoms with van der Waals surface area (Å²) in [6.45, 7) is 4.12. The number of hydrogen-bond donors (Lipinski definition) is 2. The molecule has 2 N–H and O–H groups in total. The number of amides is 1. The van der Waals surface area contributed by atoms with Gasteiger partial charge in [0.25, 0.3) is 5.91 Å². The maximum atomic E-state index is 12.1. The molecule has 0 bridgehead atoms. The second-order valence-electron chi connectivity index (χ2n) is 4.85. The van der Waals surface area contributed by atoms with Crippen LogP contribution in [0.5, 0.6) is 0 Å². The van der Waals surface area contributed by atoms with Gasteiger partial charge in [0, 0.05) is 21.8 Å². The summed E-state index contributed by atoms with van der Waals surface area (Å²) in [5.74, 6) is 0.262. The van der Waals surface area contributed by atoms with Crippen LogP contribution < -0.4 is 10.6 Å². The number of carbonyl (C=O) groups excluding carboxylic acids is 1. The van der Waals surface area contributed by atoms with E-state index in [0.717, 1.165) is 6.42 Å². The minimum Gasteiger partial charge on any atom is -0.366 e. The summed E-state index contributed by atoms with van der Waals surface area (Å²) < 4.78 is 0. The molecule has 1 amide bonds. The lowest BCUT2D eigenvalue weighted by Crippen LogP contribution is -2.17. The van der Waals surface area contributed by atoms with Crippen LogP contribution in [0.25, 0.3) is 0 Å². The molecular weight excluding hydrogens is 323 g/mol. The van der Waals surface area contributed by atoms with Crippen LogP contribution in [0, 0.1) is 0 Å². The molecule has 5 nitrogen and oxygen atoms in total. The highest BCUT2D eigenvalue weighted by Crippen LogP contribution is 2.22. The molecule has 0 saturated carbocycles. The fourth-order valence-electron chi connectivity index (χ4n) is 1.70. The molecule has 2 rings (SSSR count). The topological polar surface area (TPSA) is 66.9 Å². The van der Waals surface area contributed by atoms with Gasteiger partial charge in [-0.2, -0.15) is 0 Å². The first-order valence-electron chi connectivity index (χ1n) is 6.84. The quantitative estimate of drug-likeness (QED) is 0.855. The first-order chi connectivity index (χ1) is 10.5. The molecule has 7 heteroatoms. The van der Waals surface area contributed by atoms with Crippen molar-refractivity contribution in [1.82, 2.24) is 9.97 Å². The third-order valence-corrected chi connectivity index (χ3v) is 3.45. The molecule has 1 heterocycles. The van der Waals surface area contributed by atoms with Crippen molar-refractivity contribution in [3.63, 3.8) is 0 Å². The molecule has 0 aliphatic heterocycles. The van der Waals surface area contributed by atoms with Crippen LogP contribution in [0.4, 0.5) is 11.5 Å². The van der Waals surface area contributed by atoms with Gasteiger partial charge in [-0.1, -0.05) is 30.1 Å². The molecule has 2 aromatic rings. The summed E-state index contributed by atoms with van der Waals surface area (Å²) in [5, 5.41) is 6.76. The van der Waals surface area contributed by atoms with Gasteiger partial charge in [0.1, 0.15) is 11.5 Å². The van der Waals surface area contributed by atoms with Crippen LogP contribution >= 0.6 is 23.2 Å². The summed E-state index contributed by atoms with van der Waals surface area (Å²) in [6, 6.07) is 5.10. The normalized spacial score (nSPS) is 11.8. The van der Waals surface area contributed by atoms with E-state index >= 15 is 0 Å². The van der Waals surface area contributed by atoms with E-state index in [1.165, 1.54) is 12.4 Å². The van der Waals surface area contributed by atoms with E-state index in [4.69, 9.17) is 23.2 Å². The van der Waals surface area contributed by atoms with Crippen molar-refractivity contribution in [1.29, 1.82) is 0 Å². The van der Waals surface area contributed by atoms with Crippen molar-refractivity contribution in [3.8, 4) is 0 Å². The van der Waals surface area contributed by atoms with Crippen LogP contribution in [-0.4, -0.2) is 21.9 Å². The fraction of sp³-hybridized carbons (Fsp3) is 0.267. The average molecular weight is 339 g/mol. The predicted molar refractivity (Wildman–Crippen MR) is 89.8 cm³/mol. The third kappa shape index (κ3) is 4.58. The minimum absolute atomic E-state index is 0.214. The van der Waals surface area contributed by atoms with Gasteiger partial charge in [-0.3, -0.25) is 4.79 Å². The number of aromatic nitrogens is 2. The van der Waals surface area contributed by atoms with Crippen LogP contribution in [-0.2, 0) is 0 Å². The molecule has 0 aliphatic rings. The second-order valence-corrected chi connectivity index (χ2v) is 5.73. The maximum Gasteiger partial charge on any atom is 0.275 e. The van der Waals surface area contributed by atoms with Gasteiger partial charge >= 0.3 is 0 Å². The third-order valence-electron chi connectivity index (χ3n) is 3.01. The van der Waals surface area contributed by atoms with E-state index < -0.39 is 0 Å². The molecule has 1 aromatic heterocycles. The summed E-state index contributed by atoms with van der Waals surface area (Å²) in [5.41, 5.74) is 0.719. The number of nitrogens with zero attached hydrogens (tertiary/aromatic N) is 2. The van der Waals surface area contributed by atoms with Gasteiger partial charge in [-0.25, -0.2) is 9.97 Å². The highest BCUT2D eigenvalue weighted by molar-refractivity contribution is 6.35. The molecule has 0 saturated heterocycles. The lowest BCUT2D eigenvalue weighted by atomic mass is 10.2. The maximum absolute atomic E-state index is 12.1. The Bertz CT molecular complexity index is 641. The van der Waals surface area contributed by atoms with Crippen molar-refractivity contribution >= 4 is 40.6 Å². The van der Waals surface area contributed by atoms with E-state index in [9.17, 15) is 4.79 Å². The van der Waals surface area contributed by atoms with Gasteiger partial charge in [0.2, 0.25) is 0 Å². The van der Waals surface area contributed by atoms with Crippen molar-refractivity contribution in [2.24, 2.45) is 0 Å². The molecule has 116 valence electrons. The molecule has 0 radical (unpaired) electrons.